The topological polar surface area (TPSA) is 21.3 Å². The fourth-order valence-corrected chi connectivity index (χ4v) is 9.53. The van der Waals surface area contributed by atoms with E-state index in [0.29, 0.717) is 0 Å². The van der Waals surface area contributed by atoms with E-state index in [1.54, 1.807) is 0 Å². The average Bonchev–Trinajstić information content (AvgIpc) is 3.90. The minimum absolute atomic E-state index is 0.868. The fourth-order valence-electron chi connectivity index (χ4n) is 9.53. The van der Waals surface area contributed by atoms with Crippen LogP contribution in [-0.4, -0.2) is 4.57 Å². The van der Waals surface area contributed by atoms with Gasteiger partial charge in [-0.15, -0.1) is 0 Å². The van der Waals surface area contributed by atoms with Crippen molar-refractivity contribution >= 4 is 60.8 Å². The van der Waals surface area contributed by atoms with Gasteiger partial charge in [-0.25, -0.2) is 0 Å². The first-order valence-corrected chi connectivity index (χ1v) is 21.5. The highest BCUT2D eigenvalue weighted by molar-refractivity contribution is 6.10. The molecule has 0 saturated carbocycles. The van der Waals surface area contributed by atoms with Crippen LogP contribution in [0.2, 0.25) is 0 Å². The van der Waals surface area contributed by atoms with Crippen molar-refractivity contribution in [2.45, 2.75) is 0 Å². The van der Waals surface area contributed by atoms with E-state index in [9.17, 15) is 0 Å². The third kappa shape index (κ3) is 6.29. The number of aromatic nitrogens is 1. The van der Waals surface area contributed by atoms with Crippen LogP contribution in [0.25, 0.3) is 93.9 Å². The number of para-hydroxylation sites is 4. The number of nitrogens with zero attached hydrogens (tertiary/aromatic N) is 2. The zero-order chi connectivity index (χ0) is 41.7. The second kappa shape index (κ2) is 15.3. The molecule has 10 aromatic carbocycles. The molecule has 0 N–H and O–H groups in total. The Balaban J connectivity index is 1.07. The number of hydrogen-bond donors (Lipinski definition) is 0. The molecule has 296 valence electrons. The number of furan rings is 1. The lowest BCUT2D eigenvalue weighted by atomic mass is 9.87. The summed E-state index contributed by atoms with van der Waals surface area (Å²) in [4.78, 5) is 2.40. The van der Waals surface area contributed by atoms with Crippen molar-refractivity contribution in [2.75, 3.05) is 4.90 Å². The van der Waals surface area contributed by atoms with Crippen molar-refractivity contribution in [3.05, 3.63) is 243 Å². The van der Waals surface area contributed by atoms with Crippen molar-refractivity contribution in [3.63, 3.8) is 0 Å². The Morgan fingerprint density at radius 2 is 0.841 bits per heavy atom. The molecule has 0 aliphatic heterocycles. The van der Waals surface area contributed by atoms with Gasteiger partial charge in [-0.1, -0.05) is 170 Å². The van der Waals surface area contributed by atoms with Crippen LogP contribution < -0.4 is 4.90 Å². The summed E-state index contributed by atoms with van der Waals surface area (Å²) in [6.07, 6.45) is 0. The van der Waals surface area contributed by atoms with Crippen LogP contribution in [0.5, 0.6) is 0 Å². The molecule has 0 bridgehead atoms. The first-order chi connectivity index (χ1) is 31.3. The van der Waals surface area contributed by atoms with Crippen molar-refractivity contribution in [1.82, 2.24) is 4.57 Å². The predicted molar refractivity (Wildman–Crippen MR) is 264 cm³/mol. The summed E-state index contributed by atoms with van der Waals surface area (Å²) in [5.41, 5.74) is 17.8. The zero-order valence-electron chi connectivity index (χ0n) is 34.4. The third-order valence-electron chi connectivity index (χ3n) is 12.4. The van der Waals surface area contributed by atoms with Crippen molar-refractivity contribution in [1.29, 1.82) is 0 Å². The second-order valence-electron chi connectivity index (χ2n) is 16.1. The normalized spacial score (nSPS) is 11.5. The Hall–Kier alpha value is -8.40. The first-order valence-electron chi connectivity index (χ1n) is 21.5. The van der Waals surface area contributed by atoms with E-state index >= 15 is 0 Å². The van der Waals surface area contributed by atoms with Gasteiger partial charge in [-0.2, -0.15) is 0 Å². The minimum Gasteiger partial charge on any atom is -0.456 e. The molecule has 2 heterocycles. The highest BCUT2D eigenvalue weighted by Crippen LogP contribution is 2.47. The number of anilines is 3. The maximum Gasteiger partial charge on any atom is 0.135 e. The summed E-state index contributed by atoms with van der Waals surface area (Å²) in [5, 5.41) is 4.67. The van der Waals surface area contributed by atoms with Gasteiger partial charge in [-0.05, 0) is 112 Å². The Morgan fingerprint density at radius 1 is 0.302 bits per heavy atom. The maximum absolute atomic E-state index is 6.35. The van der Waals surface area contributed by atoms with Gasteiger partial charge in [0.05, 0.1) is 16.7 Å². The molecular weight excluding hydrogens is 765 g/mol. The maximum atomic E-state index is 6.35. The molecule has 63 heavy (non-hydrogen) atoms. The minimum atomic E-state index is 0.868. The fraction of sp³-hybridized carbons (Fsp3) is 0. The van der Waals surface area contributed by atoms with Gasteiger partial charge in [0, 0.05) is 44.2 Å². The molecule has 0 unspecified atom stereocenters. The molecular formula is C60H40N2O. The van der Waals surface area contributed by atoms with Crippen LogP contribution in [-0.2, 0) is 0 Å². The molecule has 0 radical (unpaired) electrons. The molecule has 0 atom stereocenters. The summed E-state index contributed by atoms with van der Waals surface area (Å²) in [6, 6.07) is 87.3. The summed E-state index contributed by atoms with van der Waals surface area (Å²) >= 11 is 0. The van der Waals surface area contributed by atoms with Gasteiger partial charge in [0.25, 0.3) is 0 Å². The molecule has 3 nitrogen and oxygen atoms in total. The molecule has 0 aliphatic carbocycles. The lowest BCUT2D eigenvalue weighted by Crippen LogP contribution is -2.11. The van der Waals surface area contributed by atoms with Crippen LogP contribution >= 0.6 is 0 Å². The Morgan fingerprint density at radius 3 is 1.56 bits per heavy atom. The van der Waals surface area contributed by atoms with Crippen LogP contribution in [0.4, 0.5) is 17.1 Å². The molecule has 3 heteroatoms. The van der Waals surface area contributed by atoms with Crippen LogP contribution in [0.3, 0.4) is 0 Å². The number of rotatable bonds is 8. The summed E-state index contributed by atoms with van der Waals surface area (Å²) in [7, 11) is 0. The molecule has 12 rings (SSSR count). The molecule has 0 saturated heterocycles. The molecule has 0 amide bonds. The van der Waals surface area contributed by atoms with E-state index < -0.39 is 0 Å². The quantitative estimate of drug-likeness (QED) is 0.153. The van der Waals surface area contributed by atoms with Crippen LogP contribution in [0.15, 0.2) is 247 Å². The molecule has 0 fully saturated rings. The molecule has 0 spiro atoms. The van der Waals surface area contributed by atoms with Gasteiger partial charge in [0.1, 0.15) is 11.2 Å². The third-order valence-corrected chi connectivity index (χ3v) is 12.4. The summed E-state index contributed by atoms with van der Waals surface area (Å²) < 4.78 is 8.73. The summed E-state index contributed by atoms with van der Waals surface area (Å²) in [6.45, 7) is 0. The van der Waals surface area contributed by atoms with Crippen molar-refractivity contribution in [2.24, 2.45) is 0 Å². The zero-order valence-corrected chi connectivity index (χ0v) is 34.4. The van der Waals surface area contributed by atoms with E-state index in [1.165, 1.54) is 55.2 Å². The van der Waals surface area contributed by atoms with Gasteiger partial charge in [0.15, 0.2) is 0 Å². The SMILES string of the molecule is c1ccc(-c2ccc(-c3ccccc3)c(-c3ccccc3-c3ccccc3N(c3ccc(-n4c5ccccc5c5ccccc54)cc3)c3ccc4oc5ccccc5c4c3)c2)cc1. The first kappa shape index (κ1) is 36.5. The smallest absolute Gasteiger partial charge is 0.135 e. The standard InChI is InChI=1S/C60H40N2O/c1-3-17-41(18-4-1)43-31-37-47(42-19-5-2-6-20-42)54(39-43)49-22-8-7-21-48(49)50-23-9-13-27-56(50)61(46-36-38-60-55(40-46)53-26-12-16-30-59(53)63-60)44-32-34-45(35-33-44)62-57-28-14-10-24-51(57)52-25-11-15-29-58(52)62/h1-40H. The largest absolute Gasteiger partial charge is 0.456 e. The Labute approximate surface area is 366 Å². The monoisotopic (exact) mass is 804 g/mol. The van der Waals surface area contributed by atoms with E-state index in [-0.39, 0.29) is 0 Å². The average molecular weight is 805 g/mol. The lowest BCUT2D eigenvalue weighted by Gasteiger charge is -2.29. The highest BCUT2D eigenvalue weighted by atomic mass is 16.3. The predicted octanol–water partition coefficient (Wildman–Crippen LogP) is 16.8. The van der Waals surface area contributed by atoms with Crippen molar-refractivity contribution < 1.29 is 4.42 Å². The second-order valence-corrected chi connectivity index (χ2v) is 16.1. The van der Waals surface area contributed by atoms with E-state index in [2.05, 4.69) is 240 Å². The number of benzene rings is 10. The lowest BCUT2D eigenvalue weighted by molar-refractivity contribution is 0.669. The number of hydrogen-bond acceptors (Lipinski definition) is 2. The summed E-state index contributed by atoms with van der Waals surface area (Å²) in [5.74, 6) is 0. The Bertz CT molecular complexity index is 3570. The van der Waals surface area contributed by atoms with Gasteiger partial charge in [-0.3, -0.25) is 0 Å². The van der Waals surface area contributed by atoms with E-state index in [1.807, 2.05) is 12.1 Å². The Kier molecular flexibility index (Phi) is 8.83. The number of fused-ring (bicyclic) bond motifs is 6. The van der Waals surface area contributed by atoms with Gasteiger partial charge >= 0.3 is 0 Å². The van der Waals surface area contributed by atoms with Crippen molar-refractivity contribution in [3.8, 4) is 50.2 Å². The van der Waals surface area contributed by atoms with E-state index in [0.717, 1.165) is 55.8 Å². The van der Waals surface area contributed by atoms with Gasteiger partial charge < -0.3 is 13.9 Å². The molecule has 12 aromatic rings. The van der Waals surface area contributed by atoms with Gasteiger partial charge in [0.2, 0.25) is 0 Å². The molecule has 0 aliphatic rings. The van der Waals surface area contributed by atoms with E-state index in [4.69, 9.17) is 4.42 Å². The van der Waals surface area contributed by atoms with Crippen LogP contribution in [0.1, 0.15) is 0 Å². The highest BCUT2D eigenvalue weighted by Gasteiger charge is 2.22. The van der Waals surface area contributed by atoms with Crippen LogP contribution in [0, 0.1) is 0 Å². The molecule has 2 aromatic heterocycles.